The first-order chi connectivity index (χ1) is 33.8. The lowest BCUT2D eigenvalue weighted by Gasteiger charge is -2.43. The van der Waals surface area contributed by atoms with Gasteiger partial charge in [-0.05, 0) is 126 Å². The van der Waals surface area contributed by atoms with E-state index in [4.69, 9.17) is 21.8 Å². The average molecular weight is 954 g/mol. The molecule has 10 rings (SSSR count). The number of hydrogen-bond acceptors (Lipinski definition) is 14. The smallest absolute Gasteiger partial charge is 0.262 e. The lowest BCUT2D eigenvalue weighted by molar-refractivity contribution is -0.136. The number of piperazine rings is 1. The van der Waals surface area contributed by atoms with Gasteiger partial charge in [-0.2, -0.15) is 5.10 Å². The van der Waals surface area contributed by atoms with Crippen molar-refractivity contribution in [1.29, 1.82) is 0 Å². The maximum Gasteiger partial charge on any atom is 0.262 e. The van der Waals surface area contributed by atoms with Crippen LogP contribution in [0.25, 0.3) is 22.2 Å². The van der Waals surface area contributed by atoms with Crippen LogP contribution in [0.4, 0.5) is 17.2 Å². The number of imide groups is 2. The lowest BCUT2D eigenvalue weighted by atomic mass is 9.92. The van der Waals surface area contributed by atoms with Gasteiger partial charge in [0.25, 0.3) is 17.7 Å². The molecular formula is C50H63N15O5. The third kappa shape index (κ3) is 8.83. The number of anilines is 3. The van der Waals surface area contributed by atoms with Crippen LogP contribution in [0.15, 0.2) is 71.1 Å². The summed E-state index contributed by atoms with van der Waals surface area (Å²) >= 11 is 0. The minimum Gasteiger partial charge on any atom is -0.371 e. The summed E-state index contributed by atoms with van der Waals surface area (Å²) in [5.74, 6) is 12.2. The van der Waals surface area contributed by atoms with Gasteiger partial charge in [-0.15, -0.1) is 5.10 Å². The van der Waals surface area contributed by atoms with E-state index in [-0.39, 0.29) is 24.7 Å². The standard InChI is InChI=1S/C50H63N15O5/c1-29-26-63(42-23-34(11-16-53-42)45-39-24-35(5-8-40(39)57-58-45)54-47(68)44-30(2)59(4)50(56-51)65(52)31(44)3)22-21-62(29)28-33-12-17-60(18-13-33)27-32-14-19-61(20-15-32)36-6-7-37-38(25-36)49(70)64(48(37)69)41-9-10-43(66)55-46(41)67/h5-8,11,16,23-25,29,31-33,41H,9-10,12-15,17-22,26-28,51-52H2,1-4H3,(H,54,68)(H,57,58)(H,55,66,67)/b56-50-/t29-,31-,41?/m0/s1. The first-order valence-corrected chi connectivity index (χ1v) is 24.6. The number of aromatic amines is 1. The molecule has 0 bridgehead atoms. The fourth-order valence-corrected chi connectivity index (χ4v) is 11.4. The summed E-state index contributed by atoms with van der Waals surface area (Å²) in [7, 11) is 1.77. The number of H-pyrrole nitrogens is 1. The highest BCUT2D eigenvalue weighted by atomic mass is 16.2. The van der Waals surface area contributed by atoms with E-state index in [0.717, 1.165) is 110 Å². The van der Waals surface area contributed by atoms with Gasteiger partial charge in [0.2, 0.25) is 17.8 Å². The molecule has 2 aromatic carbocycles. The van der Waals surface area contributed by atoms with E-state index in [1.165, 1.54) is 17.9 Å². The molecule has 0 spiro atoms. The number of allylic oxidation sites excluding steroid dienone is 1. The predicted molar refractivity (Wildman–Crippen MR) is 266 cm³/mol. The maximum atomic E-state index is 13.7. The number of aromatic nitrogens is 3. The second-order valence-electron chi connectivity index (χ2n) is 19.9. The molecule has 20 heteroatoms. The van der Waals surface area contributed by atoms with E-state index in [0.29, 0.717) is 51.9 Å². The van der Waals surface area contributed by atoms with Gasteiger partial charge in [-0.25, -0.2) is 10.8 Å². The number of fused-ring (bicyclic) bond motifs is 2. The molecule has 4 saturated heterocycles. The number of nitrogens with one attached hydrogen (secondary N) is 3. The summed E-state index contributed by atoms with van der Waals surface area (Å²) in [4.78, 5) is 82.0. The molecule has 4 fully saturated rings. The molecule has 4 aromatic rings. The molecule has 6 aliphatic rings. The van der Waals surface area contributed by atoms with Gasteiger partial charge in [0, 0.05) is 99.5 Å². The van der Waals surface area contributed by atoms with E-state index in [1.807, 2.05) is 50.4 Å². The van der Waals surface area contributed by atoms with Crippen molar-refractivity contribution in [1.82, 2.24) is 45.1 Å². The topological polar surface area (TPSA) is 238 Å². The minimum atomic E-state index is -0.966. The van der Waals surface area contributed by atoms with E-state index < -0.39 is 29.8 Å². The van der Waals surface area contributed by atoms with E-state index in [9.17, 15) is 24.0 Å². The van der Waals surface area contributed by atoms with Gasteiger partial charge >= 0.3 is 0 Å². The van der Waals surface area contributed by atoms with Gasteiger partial charge in [-0.1, -0.05) is 0 Å². The maximum absolute atomic E-state index is 13.7. The van der Waals surface area contributed by atoms with Crippen molar-refractivity contribution in [2.24, 2.45) is 28.6 Å². The van der Waals surface area contributed by atoms with Crippen LogP contribution in [0.1, 0.15) is 80.0 Å². The molecule has 0 saturated carbocycles. The molecule has 2 aromatic heterocycles. The molecule has 8 heterocycles. The van der Waals surface area contributed by atoms with Crippen molar-refractivity contribution in [2.45, 2.75) is 77.4 Å². The molecule has 6 aliphatic heterocycles. The number of rotatable bonds is 10. The second-order valence-corrected chi connectivity index (χ2v) is 19.9. The Morgan fingerprint density at radius 2 is 1.60 bits per heavy atom. The number of nitrogens with zero attached hydrogens (tertiary/aromatic N) is 10. The van der Waals surface area contributed by atoms with Gasteiger partial charge in [0.15, 0.2) is 0 Å². The number of likely N-dealkylation sites (tertiary alicyclic amines) is 1. The predicted octanol–water partition coefficient (Wildman–Crippen LogP) is 3.12. The van der Waals surface area contributed by atoms with Crippen LogP contribution in [0.3, 0.4) is 0 Å². The molecule has 20 nitrogen and oxygen atoms in total. The number of nitrogens with two attached hydrogens (primary N) is 2. The molecule has 1 unspecified atom stereocenters. The van der Waals surface area contributed by atoms with Crippen LogP contribution < -0.4 is 32.1 Å². The van der Waals surface area contributed by atoms with Gasteiger partial charge in [-0.3, -0.25) is 49.2 Å². The third-order valence-corrected chi connectivity index (χ3v) is 15.7. The molecule has 0 radical (unpaired) electrons. The highest BCUT2D eigenvalue weighted by molar-refractivity contribution is 6.23. The minimum absolute atomic E-state index is 0.0981. The van der Waals surface area contributed by atoms with Crippen LogP contribution in [-0.2, 0) is 14.4 Å². The fraction of sp³-hybridized carbons (Fsp3) is 0.480. The van der Waals surface area contributed by atoms with Gasteiger partial charge in [0.05, 0.1) is 28.3 Å². The molecule has 5 amide bonds. The van der Waals surface area contributed by atoms with Gasteiger partial charge < -0.3 is 30.8 Å². The number of amides is 5. The third-order valence-electron chi connectivity index (χ3n) is 15.7. The van der Waals surface area contributed by atoms with Crippen molar-refractivity contribution in [3.8, 4) is 11.3 Å². The normalized spacial score (nSPS) is 24.1. The zero-order valence-electron chi connectivity index (χ0n) is 40.4. The van der Waals surface area contributed by atoms with Crippen LogP contribution in [-0.4, -0.2) is 159 Å². The van der Waals surface area contributed by atoms with E-state index in [2.05, 4.69) is 53.4 Å². The molecule has 368 valence electrons. The largest absolute Gasteiger partial charge is 0.371 e. The summed E-state index contributed by atoms with van der Waals surface area (Å²) in [6.07, 6.45) is 6.60. The van der Waals surface area contributed by atoms with Crippen molar-refractivity contribution in [2.75, 3.05) is 81.1 Å². The van der Waals surface area contributed by atoms with Crippen LogP contribution in [0.2, 0.25) is 0 Å². The monoisotopic (exact) mass is 954 g/mol. The number of hydrazone groups is 1. The summed E-state index contributed by atoms with van der Waals surface area (Å²) in [6.45, 7) is 15.0. The number of piperidine rings is 3. The number of hydrazine groups is 1. The number of hydrogen-bond donors (Lipinski definition) is 5. The SMILES string of the molecule is CC1=C(C(=O)Nc2ccc3[nH]nc(-c4ccnc(N5CCN(CC6CCN(CC7CCN(c8ccc9c(c8)C(=O)N(C8CCC(=O)NC8=O)C9=O)CC7)CC6)[C@@H](C)C5)c4)c3c2)[C@H](C)N(N)/C(=N\N)N1C. The van der Waals surface area contributed by atoms with Crippen molar-refractivity contribution >= 4 is 63.6 Å². The first kappa shape index (κ1) is 46.8. The summed E-state index contributed by atoms with van der Waals surface area (Å²) in [5.41, 5.74) is 6.01. The van der Waals surface area contributed by atoms with Crippen molar-refractivity contribution < 1.29 is 24.0 Å². The Labute approximate surface area is 407 Å². The Hall–Kier alpha value is -6.90. The number of carbonyl (C=O) groups excluding carboxylic acids is 5. The summed E-state index contributed by atoms with van der Waals surface area (Å²) in [5, 5.41) is 19.3. The molecule has 3 atom stereocenters. The molecule has 70 heavy (non-hydrogen) atoms. The van der Waals surface area contributed by atoms with E-state index in [1.54, 1.807) is 24.1 Å². The fourth-order valence-electron chi connectivity index (χ4n) is 11.4. The number of carbonyl (C=O) groups is 5. The van der Waals surface area contributed by atoms with Crippen LogP contribution >= 0.6 is 0 Å². The Balaban J connectivity index is 0.687. The number of pyridine rings is 1. The Morgan fingerprint density at radius 1 is 0.857 bits per heavy atom. The summed E-state index contributed by atoms with van der Waals surface area (Å²) < 4.78 is 0. The Bertz CT molecular complexity index is 2790. The molecule has 0 aliphatic carbocycles. The van der Waals surface area contributed by atoms with Crippen LogP contribution in [0, 0.1) is 11.8 Å². The lowest BCUT2D eigenvalue weighted by Crippen LogP contribution is -2.57. The van der Waals surface area contributed by atoms with Crippen molar-refractivity contribution in [3.05, 3.63) is 77.1 Å². The zero-order chi connectivity index (χ0) is 49.0. The van der Waals surface area contributed by atoms with Crippen LogP contribution in [0.5, 0.6) is 0 Å². The quantitative estimate of drug-likeness (QED) is 0.0873. The highest BCUT2D eigenvalue weighted by Gasteiger charge is 2.45. The number of benzene rings is 2. The Kier molecular flexibility index (Phi) is 12.8. The second kappa shape index (κ2) is 19.1. The average Bonchev–Trinajstić information content (AvgIpc) is 3.89. The van der Waals surface area contributed by atoms with E-state index >= 15 is 0 Å². The number of guanidine groups is 1. The molecular weight excluding hydrogens is 891 g/mol. The first-order valence-electron chi connectivity index (χ1n) is 24.6. The highest BCUT2D eigenvalue weighted by Crippen LogP contribution is 2.35. The Morgan fingerprint density at radius 3 is 2.34 bits per heavy atom. The van der Waals surface area contributed by atoms with Crippen molar-refractivity contribution in [3.63, 3.8) is 0 Å². The zero-order valence-corrected chi connectivity index (χ0v) is 40.4. The summed E-state index contributed by atoms with van der Waals surface area (Å²) in [6, 6.07) is 14.2. The van der Waals surface area contributed by atoms with Gasteiger partial charge in [0.1, 0.15) is 17.6 Å². The molecule has 7 N–H and O–H groups in total.